The molecule has 1 aliphatic carbocycles. The van der Waals surface area contributed by atoms with E-state index in [-0.39, 0.29) is 12.2 Å². The molecular formula is C20H24FN3O6. The highest BCUT2D eigenvalue weighted by molar-refractivity contribution is 6.08. The molecule has 1 saturated carbocycles. The average molecular weight is 421 g/mol. The second kappa shape index (κ2) is 8.68. The molecule has 9 nitrogen and oxygen atoms in total. The summed E-state index contributed by atoms with van der Waals surface area (Å²) in [6.45, 7) is 1.40. The number of halogens is 1. The van der Waals surface area contributed by atoms with Gasteiger partial charge in [0, 0.05) is 0 Å². The van der Waals surface area contributed by atoms with Gasteiger partial charge >= 0.3 is 12.0 Å². The number of urea groups is 1. The molecule has 1 aromatic carbocycles. The van der Waals surface area contributed by atoms with Crippen molar-refractivity contribution in [1.29, 1.82) is 0 Å². The first-order valence-corrected chi connectivity index (χ1v) is 9.68. The Bertz CT molecular complexity index is 866. The van der Waals surface area contributed by atoms with Gasteiger partial charge in [-0.05, 0) is 49.3 Å². The third-order valence-electron chi connectivity index (χ3n) is 5.46. The van der Waals surface area contributed by atoms with Crippen LogP contribution in [0.1, 0.15) is 38.2 Å². The number of esters is 1. The van der Waals surface area contributed by atoms with E-state index >= 15 is 0 Å². The lowest BCUT2D eigenvalue weighted by Gasteiger charge is -2.33. The van der Waals surface area contributed by atoms with Gasteiger partial charge in [0.1, 0.15) is 5.54 Å². The van der Waals surface area contributed by atoms with Crippen LogP contribution in [0.15, 0.2) is 18.2 Å². The highest BCUT2D eigenvalue weighted by atomic mass is 19.1. The summed E-state index contributed by atoms with van der Waals surface area (Å²) in [6, 6.07) is 3.31. The summed E-state index contributed by atoms with van der Waals surface area (Å²) in [5.74, 6) is -2.19. The van der Waals surface area contributed by atoms with Crippen LogP contribution in [0.4, 0.5) is 9.18 Å². The summed E-state index contributed by atoms with van der Waals surface area (Å²) in [5.41, 5.74) is 1.55. The van der Waals surface area contributed by atoms with Gasteiger partial charge in [0.25, 0.3) is 11.8 Å². The maximum Gasteiger partial charge on any atom is 0.344 e. The number of hydrogen-bond donors (Lipinski definition) is 2. The van der Waals surface area contributed by atoms with Crippen LogP contribution < -0.4 is 15.5 Å². The number of hydrazine groups is 1. The summed E-state index contributed by atoms with van der Waals surface area (Å²) >= 11 is 0. The van der Waals surface area contributed by atoms with Crippen LogP contribution in [-0.2, 0) is 25.5 Å². The molecular weight excluding hydrogens is 397 g/mol. The van der Waals surface area contributed by atoms with E-state index in [2.05, 4.69) is 17.7 Å². The first-order chi connectivity index (χ1) is 14.2. The van der Waals surface area contributed by atoms with Crippen LogP contribution in [0.2, 0.25) is 0 Å². The van der Waals surface area contributed by atoms with Crippen molar-refractivity contribution >= 4 is 23.8 Å². The molecule has 0 radical (unpaired) electrons. The molecule has 2 N–H and O–H groups in total. The van der Waals surface area contributed by atoms with E-state index in [4.69, 9.17) is 9.47 Å². The van der Waals surface area contributed by atoms with Crippen molar-refractivity contribution in [3.63, 3.8) is 0 Å². The zero-order valence-corrected chi connectivity index (χ0v) is 16.8. The highest BCUT2D eigenvalue weighted by Gasteiger charge is 2.52. The first kappa shape index (κ1) is 21.5. The molecule has 3 rings (SSSR count). The van der Waals surface area contributed by atoms with Gasteiger partial charge in [-0.15, -0.1) is 0 Å². The Morgan fingerprint density at radius 2 is 2.00 bits per heavy atom. The number of amides is 4. The Hall–Kier alpha value is -3.17. The third kappa shape index (κ3) is 4.52. The van der Waals surface area contributed by atoms with Gasteiger partial charge < -0.3 is 14.8 Å². The van der Waals surface area contributed by atoms with Gasteiger partial charge in [0.15, 0.2) is 18.2 Å². The third-order valence-corrected chi connectivity index (χ3v) is 5.46. The lowest BCUT2D eigenvalue weighted by atomic mass is 9.77. The van der Waals surface area contributed by atoms with E-state index in [1.807, 2.05) is 0 Å². The second-order valence-corrected chi connectivity index (χ2v) is 7.68. The highest BCUT2D eigenvalue weighted by Crippen LogP contribution is 2.35. The van der Waals surface area contributed by atoms with Crippen molar-refractivity contribution in [2.75, 3.05) is 13.7 Å². The molecule has 0 aromatic heterocycles. The maximum atomic E-state index is 13.7. The van der Waals surface area contributed by atoms with E-state index in [1.54, 1.807) is 0 Å². The molecule has 1 spiro atoms. The smallest absolute Gasteiger partial charge is 0.344 e. The van der Waals surface area contributed by atoms with E-state index in [0.29, 0.717) is 29.3 Å². The fourth-order valence-corrected chi connectivity index (χ4v) is 3.66. The van der Waals surface area contributed by atoms with Crippen LogP contribution in [0, 0.1) is 11.7 Å². The summed E-state index contributed by atoms with van der Waals surface area (Å²) in [4.78, 5) is 48.8. The Labute approximate surface area is 172 Å². The molecule has 2 aliphatic rings. The Balaban J connectivity index is 1.49. The molecule has 1 aromatic rings. The number of hydrogen-bond acceptors (Lipinski definition) is 6. The monoisotopic (exact) mass is 421 g/mol. The average Bonchev–Trinajstić information content (AvgIpc) is 2.93. The van der Waals surface area contributed by atoms with Gasteiger partial charge in [-0.1, -0.05) is 13.0 Å². The molecule has 1 aliphatic heterocycles. The SMILES string of the molecule is COc1ccc(CC(=O)OCC(=O)NN2C(=O)NC3(CCC(C)CC3)C2=O)cc1F. The molecule has 162 valence electrons. The zero-order chi connectivity index (χ0) is 21.9. The largest absolute Gasteiger partial charge is 0.494 e. The van der Waals surface area contributed by atoms with Crippen molar-refractivity contribution in [3.8, 4) is 5.75 Å². The number of imide groups is 1. The van der Waals surface area contributed by atoms with Crippen LogP contribution >= 0.6 is 0 Å². The van der Waals surface area contributed by atoms with Crippen LogP contribution in [-0.4, -0.2) is 48.1 Å². The summed E-state index contributed by atoms with van der Waals surface area (Å²) in [5, 5.41) is 3.32. The van der Waals surface area contributed by atoms with Crippen molar-refractivity contribution in [1.82, 2.24) is 15.8 Å². The summed E-state index contributed by atoms with van der Waals surface area (Å²) < 4.78 is 23.3. The number of carbonyl (C=O) groups excluding carboxylic acids is 4. The Morgan fingerprint density at radius 1 is 1.30 bits per heavy atom. The number of nitrogens with zero attached hydrogens (tertiary/aromatic N) is 1. The molecule has 0 unspecified atom stereocenters. The molecule has 0 atom stereocenters. The van der Waals surface area contributed by atoms with Crippen molar-refractivity contribution < 1.29 is 33.0 Å². The fourth-order valence-electron chi connectivity index (χ4n) is 3.66. The lowest BCUT2D eigenvalue weighted by molar-refractivity contribution is -0.150. The van der Waals surface area contributed by atoms with Gasteiger partial charge in [-0.25, -0.2) is 9.18 Å². The summed E-state index contributed by atoms with van der Waals surface area (Å²) in [7, 11) is 1.33. The molecule has 10 heteroatoms. The number of ether oxygens (including phenoxy) is 2. The van der Waals surface area contributed by atoms with Gasteiger partial charge in [0.2, 0.25) is 0 Å². The predicted molar refractivity (Wildman–Crippen MR) is 101 cm³/mol. The van der Waals surface area contributed by atoms with Crippen LogP contribution in [0.5, 0.6) is 5.75 Å². The molecule has 30 heavy (non-hydrogen) atoms. The van der Waals surface area contributed by atoms with E-state index in [9.17, 15) is 23.6 Å². The molecule has 4 amide bonds. The Kier molecular flexibility index (Phi) is 6.23. The van der Waals surface area contributed by atoms with E-state index < -0.39 is 41.8 Å². The van der Waals surface area contributed by atoms with E-state index in [0.717, 1.165) is 18.9 Å². The molecule has 1 saturated heterocycles. The minimum atomic E-state index is -0.980. The van der Waals surface area contributed by atoms with Crippen molar-refractivity contribution in [2.24, 2.45) is 5.92 Å². The molecule has 0 bridgehead atoms. The molecule has 1 heterocycles. The van der Waals surface area contributed by atoms with Crippen LogP contribution in [0.3, 0.4) is 0 Å². The normalized spacial score (nSPS) is 23.3. The number of rotatable bonds is 6. The maximum absolute atomic E-state index is 13.7. The minimum Gasteiger partial charge on any atom is -0.494 e. The number of carbonyl (C=O) groups is 4. The molecule has 2 fully saturated rings. The van der Waals surface area contributed by atoms with Gasteiger partial charge in [-0.2, -0.15) is 5.01 Å². The summed E-state index contributed by atoms with van der Waals surface area (Å²) in [6.07, 6.45) is 2.38. The fraction of sp³-hybridized carbons (Fsp3) is 0.500. The van der Waals surface area contributed by atoms with Gasteiger partial charge in [-0.3, -0.25) is 19.8 Å². The quantitative estimate of drug-likeness (QED) is 0.531. The minimum absolute atomic E-state index is 0.0465. The number of methoxy groups -OCH3 is 1. The zero-order valence-electron chi connectivity index (χ0n) is 16.8. The standard InChI is InChI=1S/C20H24FN3O6/c1-12-5-7-20(8-6-12)18(27)24(19(28)22-20)23-16(25)11-30-17(26)10-13-3-4-15(29-2)14(21)9-13/h3-4,9,12H,5-8,10-11H2,1-2H3,(H,22,28)(H,23,25). The van der Waals surface area contributed by atoms with E-state index in [1.165, 1.54) is 19.2 Å². The van der Waals surface area contributed by atoms with Crippen molar-refractivity contribution in [2.45, 2.75) is 44.6 Å². The number of benzene rings is 1. The number of nitrogens with one attached hydrogen (secondary N) is 2. The predicted octanol–water partition coefficient (Wildman–Crippen LogP) is 1.45. The topological polar surface area (TPSA) is 114 Å². The van der Waals surface area contributed by atoms with Crippen molar-refractivity contribution in [3.05, 3.63) is 29.6 Å². The first-order valence-electron chi connectivity index (χ1n) is 9.68. The van der Waals surface area contributed by atoms with Crippen LogP contribution in [0.25, 0.3) is 0 Å². The van der Waals surface area contributed by atoms with Gasteiger partial charge in [0.05, 0.1) is 13.5 Å². The lowest BCUT2D eigenvalue weighted by Crippen LogP contribution is -2.52. The Morgan fingerprint density at radius 3 is 2.63 bits per heavy atom. The second-order valence-electron chi connectivity index (χ2n) is 7.68.